The number of hydrogen-bond acceptors (Lipinski definition) is 3. The van der Waals surface area contributed by atoms with Gasteiger partial charge in [0.25, 0.3) is 5.91 Å². The van der Waals surface area contributed by atoms with Crippen molar-refractivity contribution in [2.75, 3.05) is 19.6 Å². The Bertz CT molecular complexity index is 1040. The lowest BCUT2D eigenvalue weighted by Gasteiger charge is -2.23. The number of carbonyl (C=O) groups is 1. The predicted octanol–water partition coefficient (Wildman–Crippen LogP) is 4.90. The highest BCUT2D eigenvalue weighted by Gasteiger charge is 2.22. The third-order valence-corrected chi connectivity index (χ3v) is 6.52. The van der Waals surface area contributed by atoms with Gasteiger partial charge in [-0.1, -0.05) is 78.3 Å². The number of nitrogens with two attached hydrogens (primary N) is 1. The van der Waals surface area contributed by atoms with E-state index in [0.29, 0.717) is 23.2 Å². The fourth-order valence-electron chi connectivity index (χ4n) is 4.44. The van der Waals surface area contributed by atoms with Crippen LogP contribution in [0.3, 0.4) is 0 Å². The Kier molecular flexibility index (Phi) is 7.59. The highest BCUT2D eigenvalue weighted by molar-refractivity contribution is 6.34. The summed E-state index contributed by atoms with van der Waals surface area (Å²) in [6.45, 7) is 3.37. The fraction of sp³-hybridized carbons (Fsp3) is 0.296. The standard InChI is InChI=1S/C27H30ClN3O/c28-25-10-4-9-24(22-6-2-1-3-7-22)26(25)27(32)30-16-15-20-11-13-21(14-12-20)19-31-17-5-8-23(31)18-29/h1-4,6-7,9-14,23H,5,8,15-19,29H2,(H,30,32). The molecule has 0 aliphatic carbocycles. The number of benzene rings is 3. The molecule has 1 unspecified atom stereocenters. The van der Waals surface area contributed by atoms with Crippen molar-refractivity contribution in [2.24, 2.45) is 5.73 Å². The second kappa shape index (κ2) is 10.8. The lowest BCUT2D eigenvalue weighted by atomic mass is 9.99. The van der Waals surface area contributed by atoms with E-state index in [1.54, 1.807) is 6.07 Å². The van der Waals surface area contributed by atoms with Crippen LogP contribution in [0, 0.1) is 0 Å². The van der Waals surface area contributed by atoms with E-state index in [4.69, 9.17) is 17.3 Å². The van der Waals surface area contributed by atoms with E-state index in [1.807, 2.05) is 42.5 Å². The number of halogens is 1. The van der Waals surface area contributed by atoms with Crippen molar-refractivity contribution >= 4 is 17.5 Å². The average molecular weight is 448 g/mol. The molecule has 3 N–H and O–H groups in total. The van der Waals surface area contributed by atoms with Gasteiger partial charge >= 0.3 is 0 Å². The van der Waals surface area contributed by atoms with Crippen LogP contribution in [0.4, 0.5) is 0 Å². The van der Waals surface area contributed by atoms with E-state index < -0.39 is 0 Å². The molecule has 3 aromatic carbocycles. The Morgan fingerprint density at radius 2 is 1.75 bits per heavy atom. The topological polar surface area (TPSA) is 58.4 Å². The maximum absolute atomic E-state index is 12.9. The third kappa shape index (κ3) is 5.39. The summed E-state index contributed by atoms with van der Waals surface area (Å²) >= 11 is 6.41. The number of amides is 1. The van der Waals surface area contributed by atoms with Crippen molar-refractivity contribution in [3.63, 3.8) is 0 Å². The van der Waals surface area contributed by atoms with Gasteiger partial charge < -0.3 is 11.1 Å². The summed E-state index contributed by atoms with van der Waals surface area (Å²) in [7, 11) is 0. The van der Waals surface area contributed by atoms with Crippen molar-refractivity contribution in [2.45, 2.75) is 31.8 Å². The number of rotatable bonds is 8. The van der Waals surface area contributed by atoms with E-state index in [1.165, 1.54) is 24.0 Å². The Hall–Kier alpha value is -2.66. The van der Waals surface area contributed by atoms with Gasteiger partial charge in [-0.3, -0.25) is 9.69 Å². The van der Waals surface area contributed by atoms with Gasteiger partial charge in [-0.25, -0.2) is 0 Å². The summed E-state index contributed by atoms with van der Waals surface area (Å²) in [6, 6.07) is 24.6. The van der Waals surface area contributed by atoms with Crippen LogP contribution < -0.4 is 11.1 Å². The third-order valence-electron chi connectivity index (χ3n) is 6.20. The molecule has 5 heteroatoms. The number of nitrogens with zero attached hydrogens (tertiary/aromatic N) is 1. The first-order chi connectivity index (χ1) is 15.7. The normalized spacial score (nSPS) is 16.2. The first-order valence-corrected chi connectivity index (χ1v) is 11.7. The van der Waals surface area contributed by atoms with Crippen LogP contribution in [0.25, 0.3) is 11.1 Å². The van der Waals surface area contributed by atoms with Gasteiger partial charge in [0.05, 0.1) is 10.6 Å². The minimum atomic E-state index is -0.145. The zero-order valence-electron chi connectivity index (χ0n) is 18.3. The maximum Gasteiger partial charge on any atom is 0.253 e. The molecule has 1 atom stereocenters. The first kappa shape index (κ1) is 22.5. The van der Waals surface area contributed by atoms with Crippen LogP contribution >= 0.6 is 11.6 Å². The van der Waals surface area contributed by atoms with Crippen LogP contribution in [0.15, 0.2) is 72.8 Å². The van der Waals surface area contributed by atoms with Crippen LogP contribution in [0.2, 0.25) is 5.02 Å². The molecule has 0 bridgehead atoms. The van der Waals surface area contributed by atoms with Crippen LogP contribution in [0.5, 0.6) is 0 Å². The first-order valence-electron chi connectivity index (χ1n) is 11.3. The second-order valence-corrected chi connectivity index (χ2v) is 8.76. The van der Waals surface area contributed by atoms with Gasteiger partial charge in [0.2, 0.25) is 0 Å². The number of likely N-dealkylation sites (tertiary alicyclic amines) is 1. The molecule has 0 spiro atoms. The van der Waals surface area contributed by atoms with Crippen LogP contribution in [-0.2, 0) is 13.0 Å². The molecule has 166 valence electrons. The maximum atomic E-state index is 12.9. The quantitative estimate of drug-likeness (QED) is 0.516. The van der Waals surface area contributed by atoms with Crippen LogP contribution in [0.1, 0.15) is 34.3 Å². The Morgan fingerprint density at radius 1 is 1.00 bits per heavy atom. The Morgan fingerprint density at radius 3 is 2.50 bits per heavy atom. The van der Waals surface area contributed by atoms with Crippen molar-refractivity contribution < 1.29 is 4.79 Å². The van der Waals surface area contributed by atoms with Crippen LogP contribution in [-0.4, -0.2) is 36.5 Å². The zero-order valence-corrected chi connectivity index (χ0v) is 19.0. The molecule has 1 fully saturated rings. The molecule has 1 amide bonds. The number of carbonyl (C=O) groups excluding carboxylic acids is 1. The molecule has 0 saturated carbocycles. The van der Waals surface area contributed by atoms with E-state index in [2.05, 4.69) is 34.5 Å². The Labute approximate surface area is 195 Å². The van der Waals surface area contributed by atoms with Gasteiger partial charge in [-0.05, 0) is 54.1 Å². The van der Waals surface area contributed by atoms with Gasteiger partial charge in [-0.15, -0.1) is 0 Å². The van der Waals surface area contributed by atoms with E-state index in [-0.39, 0.29) is 5.91 Å². The number of hydrogen-bond donors (Lipinski definition) is 2. The number of nitrogens with one attached hydrogen (secondary N) is 1. The van der Waals surface area contributed by atoms with Crippen molar-refractivity contribution in [3.05, 3.63) is 94.5 Å². The largest absolute Gasteiger partial charge is 0.352 e. The van der Waals surface area contributed by atoms with E-state index in [0.717, 1.165) is 37.2 Å². The molecule has 1 heterocycles. The molecular formula is C27H30ClN3O. The van der Waals surface area contributed by atoms with Gasteiger partial charge in [0.1, 0.15) is 0 Å². The molecular weight excluding hydrogens is 418 g/mol. The molecule has 0 radical (unpaired) electrons. The SMILES string of the molecule is NCC1CCCN1Cc1ccc(CCNC(=O)c2c(Cl)cccc2-c2ccccc2)cc1. The Balaban J connectivity index is 1.35. The van der Waals surface area contributed by atoms with Crippen molar-refractivity contribution in [3.8, 4) is 11.1 Å². The minimum Gasteiger partial charge on any atom is -0.352 e. The summed E-state index contributed by atoms with van der Waals surface area (Å²) < 4.78 is 0. The minimum absolute atomic E-state index is 0.145. The van der Waals surface area contributed by atoms with Crippen molar-refractivity contribution in [1.82, 2.24) is 10.2 Å². The molecule has 0 aromatic heterocycles. The van der Waals surface area contributed by atoms with Gasteiger partial charge in [0, 0.05) is 25.7 Å². The van der Waals surface area contributed by atoms with Gasteiger partial charge in [-0.2, -0.15) is 0 Å². The van der Waals surface area contributed by atoms with E-state index >= 15 is 0 Å². The second-order valence-electron chi connectivity index (χ2n) is 8.35. The highest BCUT2D eigenvalue weighted by Crippen LogP contribution is 2.29. The zero-order chi connectivity index (χ0) is 22.3. The van der Waals surface area contributed by atoms with Crippen molar-refractivity contribution in [1.29, 1.82) is 0 Å². The van der Waals surface area contributed by atoms with Gasteiger partial charge in [0.15, 0.2) is 0 Å². The average Bonchev–Trinajstić information content (AvgIpc) is 3.27. The molecule has 3 aromatic rings. The molecule has 1 saturated heterocycles. The van der Waals surface area contributed by atoms with E-state index in [9.17, 15) is 4.79 Å². The lowest BCUT2D eigenvalue weighted by molar-refractivity contribution is 0.0955. The predicted molar refractivity (Wildman–Crippen MR) is 132 cm³/mol. The summed E-state index contributed by atoms with van der Waals surface area (Å²) in [5.74, 6) is -0.145. The lowest BCUT2D eigenvalue weighted by Crippen LogP contribution is -2.34. The monoisotopic (exact) mass is 447 g/mol. The summed E-state index contributed by atoms with van der Waals surface area (Å²) in [4.78, 5) is 15.4. The summed E-state index contributed by atoms with van der Waals surface area (Å²) in [6.07, 6.45) is 3.20. The molecule has 4 nitrogen and oxygen atoms in total. The highest BCUT2D eigenvalue weighted by atomic mass is 35.5. The molecule has 1 aliphatic heterocycles. The molecule has 4 rings (SSSR count). The smallest absolute Gasteiger partial charge is 0.253 e. The summed E-state index contributed by atoms with van der Waals surface area (Å²) in [5.41, 5.74) is 10.7. The molecule has 32 heavy (non-hydrogen) atoms. The molecule has 1 aliphatic rings. The summed E-state index contributed by atoms with van der Waals surface area (Å²) in [5, 5.41) is 3.50. The fourth-order valence-corrected chi connectivity index (χ4v) is 4.70.